The number of nitrogens with one attached hydrogen (secondary N) is 1. The van der Waals surface area contributed by atoms with Crippen molar-refractivity contribution < 1.29 is 17.9 Å². The number of benzene rings is 2. The zero-order chi connectivity index (χ0) is 21.0. The lowest BCUT2D eigenvalue weighted by Gasteiger charge is -2.14. The molecular weight excluding hydrogens is 392 g/mol. The number of methoxy groups -OCH3 is 2. The number of nitrogens with zero attached hydrogens (tertiary/aromatic N) is 1. The van der Waals surface area contributed by atoms with Crippen LogP contribution in [0.25, 0.3) is 0 Å². The number of hydrogen-bond donors (Lipinski definition) is 1. The van der Waals surface area contributed by atoms with E-state index in [2.05, 4.69) is 4.72 Å². The average molecular weight is 414 g/mol. The first-order valence-corrected chi connectivity index (χ1v) is 10.3. The average Bonchev–Trinajstić information content (AvgIpc) is 2.70. The molecule has 1 N–H and O–H groups in total. The van der Waals surface area contributed by atoms with Gasteiger partial charge in [-0.15, -0.1) is 0 Å². The second-order valence-electron chi connectivity index (χ2n) is 6.44. The molecule has 0 saturated heterocycles. The molecule has 3 aromatic rings. The summed E-state index contributed by atoms with van der Waals surface area (Å²) < 4.78 is 40.3. The van der Waals surface area contributed by atoms with Gasteiger partial charge in [-0.25, -0.2) is 8.42 Å². The van der Waals surface area contributed by atoms with Crippen LogP contribution in [-0.4, -0.2) is 27.2 Å². The van der Waals surface area contributed by atoms with Crippen LogP contribution in [0, 0.1) is 6.92 Å². The van der Waals surface area contributed by atoms with Crippen LogP contribution in [-0.2, 0) is 16.6 Å². The number of ether oxygens (including phenoxy) is 2. The Morgan fingerprint density at radius 3 is 2.24 bits per heavy atom. The van der Waals surface area contributed by atoms with E-state index in [-0.39, 0.29) is 10.5 Å². The van der Waals surface area contributed by atoms with Gasteiger partial charge in [-0.3, -0.25) is 9.52 Å². The fraction of sp³-hybridized carbons (Fsp3) is 0.190. The number of rotatable bonds is 7. The van der Waals surface area contributed by atoms with E-state index in [1.807, 2.05) is 0 Å². The molecule has 8 heteroatoms. The van der Waals surface area contributed by atoms with E-state index in [1.165, 1.54) is 26.4 Å². The molecule has 152 valence electrons. The van der Waals surface area contributed by atoms with E-state index in [9.17, 15) is 13.2 Å². The fourth-order valence-corrected chi connectivity index (χ4v) is 4.23. The summed E-state index contributed by atoms with van der Waals surface area (Å²) in [6.07, 6.45) is 1.71. The number of hydrogen-bond acceptors (Lipinski definition) is 5. The lowest BCUT2D eigenvalue weighted by molar-refractivity contribution is 0.353. The summed E-state index contributed by atoms with van der Waals surface area (Å²) in [7, 11) is -0.874. The van der Waals surface area contributed by atoms with Crippen molar-refractivity contribution in [1.82, 2.24) is 4.57 Å². The highest BCUT2D eigenvalue weighted by Crippen LogP contribution is 2.33. The predicted molar refractivity (Wildman–Crippen MR) is 111 cm³/mol. The SMILES string of the molecule is COc1cc(C)c(S(=O)(=O)Nc2ccc(Cn3ccccc3=O)cc2)cc1OC. The minimum Gasteiger partial charge on any atom is -0.493 e. The van der Waals surface area contributed by atoms with Gasteiger partial charge in [0.25, 0.3) is 15.6 Å². The smallest absolute Gasteiger partial charge is 0.262 e. The van der Waals surface area contributed by atoms with Crippen LogP contribution in [0.15, 0.2) is 70.5 Å². The van der Waals surface area contributed by atoms with Crippen LogP contribution < -0.4 is 19.8 Å². The molecular formula is C21H22N2O5S. The Labute approximate surface area is 169 Å². The van der Waals surface area contributed by atoms with Crippen molar-refractivity contribution in [3.63, 3.8) is 0 Å². The van der Waals surface area contributed by atoms with E-state index in [4.69, 9.17) is 9.47 Å². The minimum atomic E-state index is -3.82. The van der Waals surface area contributed by atoms with Crippen LogP contribution in [0.1, 0.15) is 11.1 Å². The first-order valence-electron chi connectivity index (χ1n) is 8.84. The molecule has 0 fully saturated rings. The standard InChI is InChI=1S/C21H22N2O5S/c1-15-12-18(27-2)19(28-3)13-20(15)29(25,26)22-17-9-7-16(8-10-17)14-23-11-5-4-6-21(23)24/h4-13,22H,14H2,1-3H3. The lowest BCUT2D eigenvalue weighted by Crippen LogP contribution is -2.18. The Morgan fingerprint density at radius 2 is 1.62 bits per heavy atom. The van der Waals surface area contributed by atoms with Gasteiger partial charge in [0, 0.05) is 24.0 Å². The van der Waals surface area contributed by atoms with Gasteiger partial charge in [-0.2, -0.15) is 0 Å². The molecule has 1 aromatic heterocycles. The van der Waals surface area contributed by atoms with Crippen LogP contribution in [0.5, 0.6) is 11.5 Å². The van der Waals surface area contributed by atoms with Gasteiger partial charge in [0.2, 0.25) is 0 Å². The van der Waals surface area contributed by atoms with E-state index in [0.29, 0.717) is 29.3 Å². The fourth-order valence-electron chi connectivity index (χ4n) is 2.93. The summed E-state index contributed by atoms with van der Waals surface area (Å²) in [5, 5.41) is 0. The summed E-state index contributed by atoms with van der Waals surface area (Å²) in [4.78, 5) is 11.9. The molecule has 0 amide bonds. The van der Waals surface area contributed by atoms with Gasteiger partial charge in [0.1, 0.15) is 0 Å². The molecule has 3 rings (SSSR count). The van der Waals surface area contributed by atoms with Gasteiger partial charge in [-0.1, -0.05) is 18.2 Å². The molecule has 7 nitrogen and oxygen atoms in total. The quantitative estimate of drug-likeness (QED) is 0.642. The summed E-state index contributed by atoms with van der Waals surface area (Å²) >= 11 is 0. The molecule has 0 unspecified atom stereocenters. The molecule has 29 heavy (non-hydrogen) atoms. The second kappa shape index (κ2) is 8.40. The predicted octanol–water partition coefficient (Wildman–Crippen LogP) is 3.02. The van der Waals surface area contributed by atoms with Crippen molar-refractivity contribution in [3.8, 4) is 11.5 Å². The third kappa shape index (κ3) is 4.60. The third-order valence-corrected chi connectivity index (χ3v) is 5.95. The van der Waals surface area contributed by atoms with Crippen LogP contribution in [0.4, 0.5) is 5.69 Å². The first kappa shape index (κ1) is 20.5. The highest BCUT2D eigenvalue weighted by atomic mass is 32.2. The number of anilines is 1. The van der Waals surface area contributed by atoms with Crippen molar-refractivity contribution in [3.05, 3.63) is 82.3 Å². The molecule has 0 spiro atoms. The van der Waals surface area contributed by atoms with Gasteiger partial charge in [-0.05, 0) is 42.3 Å². The van der Waals surface area contributed by atoms with Gasteiger partial charge in [0.05, 0.1) is 25.7 Å². The summed E-state index contributed by atoms with van der Waals surface area (Å²) in [5.41, 5.74) is 1.74. The maximum atomic E-state index is 12.9. The monoisotopic (exact) mass is 414 g/mol. The number of aryl methyl sites for hydroxylation is 1. The van der Waals surface area contributed by atoms with E-state index in [0.717, 1.165) is 5.56 Å². The zero-order valence-electron chi connectivity index (χ0n) is 16.4. The van der Waals surface area contributed by atoms with E-state index < -0.39 is 10.0 Å². The van der Waals surface area contributed by atoms with Crippen molar-refractivity contribution in [2.24, 2.45) is 0 Å². The Balaban J connectivity index is 1.82. The minimum absolute atomic E-state index is 0.0961. The third-order valence-electron chi connectivity index (χ3n) is 4.43. The highest BCUT2D eigenvalue weighted by molar-refractivity contribution is 7.92. The van der Waals surface area contributed by atoms with Crippen LogP contribution in [0.2, 0.25) is 0 Å². The lowest BCUT2D eigenvalue weighted by atomic mass is 10.2. The Hall–Kier alpha value is -3.26. The Morgan fingerprint density at radius 1 is 0.966 bits per heavy atom. The van der Waals surface area contributed by atoms with Gasteiger partial charge < -0.3 is 14.0 Å². The number of aromatic nitrogens is 1. The number of sulfonamides is 1. The molecule has 2 aromatic carbocycles. The normalized spacial score (nSPS) is 11.1. The van der Waals surface area contributed by atoms with Gasteiger partial charge in [0.15, 0.2) is 11.5 Å². The molecule has 0 aliphatic rings. The van der Waals surface area contributed by atoms with Crippen LogP contribution >= 0.6 is 0 Å². The van der Waals surface area contributed by atoms with Crippen molar-refractivity contribution in [1.29, 1.82) is 0 Å². The first-order chi connectivity index (χ1) is 13.8. The maximum Gasteiger partial charge on any atom is 0.262 e. The molecule has 0 atom stereocenters. The van der Waals surface area contributed by atoms with E-state index >= 15 is 0 Å². The molecule has 0 radical (unpaired) electrons. The van der Waals surface area contributed by atoms with Crippen molar-refractivity contribution in [2.45, 2.75) is 18.4 Å². The highest BCUT2D eigenvalue weighted by Gasteiger charge is 2.20. The zero-order valence-corrected chi connectivity index (χ0v) is 17.2. The van der Waals surface area contributed by atoms with Crippen molar-refractivity contribution >= 4 is 15.7 Å². The van der Waals surface area contributed by atoms with Gasteiger partial charge >= 0.3 is 0 Å². The molecule has 0 aliphatic carbocycles. The summed E-state index contributed by atoms with van der Waals surface area (Å²) in [6.45, 7) is 2.10. The van der Waals surface area contributed by atoms with Crippen molar-refractivity contribution in [2.75, 3.05) is 18.9 Å². The summed E-state index contributed by atoms with van der Waals surface area (Å²) in [5.74, 6) is 0.798. The number of pyridine rings is 1. The molecule has 0 saturated carbocycles. The molecule has 0 bridgehead atoms. The second-order valence-corrected chi connectivity index (χ2v) is 8.09. The largest absolute Gasteiger partial charge is 0.493 e. The Bertz CT molecular complexity index is 1170. The Kier molecular flexibility index (Phi) is 5.93. The topological polar surface area (TPSA) is 86.6 Å². The molecule has 1 heterocycles. The summed E-state index contributed by atoms with van der Waals surface area (Å²) in [6, 6.07) is 14.9. The maximum absolute atomic E-state index is 12.9. The van der Waals surface area contributed by atoms with E-state index in [1.54, 1.807) is 60.2 Å². The molecule has 0 aliphatic heterocycles. The van der Waals surface area contributed by atoms with Crippen LogP contribution in [0.3, 0.4) is 0 Å².